The lowest BCUT2D eigenvalue weighted by atomic mass is 9.95. The van der Waals surface area contributed by atoms with E-state index in [1.165, 1.54) is 0 Å². The van der Waals surface area contributed by atoms with E-state index >= 15 is 0 Å². The summed E-state index contributed by atoms with van der Waals surface area (Å²) in [5.74, 6) is 0.822. The number of fused-ring (bicyclic) bond motifs is 1. The van der Waals surface area contributed by atoms with Gasteiger partial charge in [-0.3, -0.25) is 14.3 Å². The molecular formula is C25H28N4O4. The van der Waals surface area contributed by atoms with E-state index in [-0.39, 0.29) is 18.2 Å². The Hall–Kier alpha value is -3.81. The fourth-order valence-corrected chi connectivity index (χ4v) is 4.03. The number of amides is 2. The minimum atomic E-state index is -0.520. The molecule has 2 aromatic carbocycles. The number of rotatable bonds is 7. The van der Waals surface area contributed by atoms with E-state index in [1.807, 2.05) is 61.8 Å². The lowest BCUT2D eigenvalue weighted by molar-refractivity contribution is -0.133. The van der Waals surface area contributed by atoms with Crippen LogP contribution in [0.5, 0.6) is 11.5 Å². The van der Waals surface area contributed by atoms with Crippen LogP contribution in [0.15, 0.2) is 54.7 Å². The number of benzene rings is 2. The largest absolute Gasteiger partial charge is 0.497 e. The summed E-state index contributed by atoms with van der Waals surface area (Å²) >= 11 is 0. The Bertz CT molecular complexity index is 1120. The van der Waals surface area contributed by atoms with Crippen LogP contribution >= 0.6 is 0 Å². The molecule has 0 aliphatic carbocycles. The van der Waals surface area contributed by atoms with Gasteiger partial charge in [0.25, 0.3) is 0 Å². The van der Waals surface area contributed by atoms with Crippen molar-refractivity contribution >= 4 is 11.8 Å². The lowest BCUT2D eigenvalue weighted by Crippen LogP contribution is -2.44. The first-order chi connectivity index (χ1) is 16.0. The Labute approximate surface area is 193 Å². The zero-order chi connectivity index (χ0) is 23.4. The van der Waals surface area contributed by atoms with Crippen molar-refractivity contribution in [3.8, 4) is 11.5 Å². The molecule has 8 nitrogen and oxygen atoms in total. The zero-order valence-electron chi connectivity index (χ0n) is 19.1. The molecule has 0 radical (unpaired) electrons. The van der Waals surface area contributed by atoms with Crippen LogP contribution in [0, 0.1) is 0 Å². The maximum atomic E-state index is 13.1. The van der Waals surface area contributed by atoms with Gasteiger partial charge in [0.05, 0.1) is 32.3 Å². The first-order valence-electron chi connectivity index (χ1n) is 10.8. The average molecular weight is 449 g/mol. The summed E-state index contributed by atoms with van der Waals surface area (Å²) in [4.78, 5) is 27.9. The first kappa shape index (κ1) is 22.4. The van der Waals surface area contributed by atoms with Crippen molar-refractivity contribution in [2.75, 3.05) is 20.8 Å². The molecule has 0 spiro atoms. The van der Waals surface area contributed by atoms with Gasteiger partial charge in [-0.1, -0.05) is 24.3 Å². The van der Waals surface area contributed by atoms with E-state index < -0.39 is 5.92 Å². The van der Waals surface area contributed by atoms with Gasteiger partial charge in [0.1, 0.15) is 11.5 Å². The fourth-order valence-electron chi connectivity index (χ4n) is 4.03. The predicted molar refractivity (Wildman–Crippen MR) is 123 cm³/mol. The van der Waals surface area contributed by atoms with Gasteiger partial charge in [-0.05, 0) is 35.4 Å². The second-order valence-corrected chi connectivity index (χ2v) is 8.13. The third-order valence-corrected chi connectivity index (χ3v) is 5.84. The van der Waals surface area contributed by atoms with Crippen LogP contribution in [0.2, 0.25) is 0 Å². The third-order valence-electron chi connectivity index (χ3n) is 5.84. The Kier molecular flexibility index (Phi) is 6.63. The van der Waals surface area contributed by atoms with Crippen LogP contribution < -0.4 is 14.8 Å². The molecule has 1 aliphatic rings. The number of ether oxygens (including phenoxy) is 2. The van der Waals surface area contributed by atoms with Crippen molar-refractivity contribution in [3.63, 3.8) is 0 Å². The molecule has 0 saturated heterocycles. The van der Waals surface area contributed by atoms with Crippen LogP contribution in [0.3, 0.4) is 0 Å². The highest BCUT2D eigenvalue weighted by atomic mass is 16.5. The number of nitrogens with one attached hydrogen (secondary N) is 1. The van der Waals surface area contributed by atoms with Gasteiger partial charge in [0, 0.05) is 38.4 Å². The molecule has 0 bridgehead atoms. The maximum absolute atomic E-state index is 13.1. The molecule has 1 N–H and O–H groups in total. The molecule has 1 atom stereocenters. The highest BCUT2D eigenvalue weighted by molar-refractivity contribution is 5.86. The van der Waals surface area contributed by atoms with Crippen molar-refractivity contribution < 1.29 is 19.1 Å². The highest BCUT2D eigenvalue weighted by Crippen LogP contribution is 2.28. The Morgan fingerprint density at radius 1 is 1.00 bits per heavy atom. The number of carbonyl (C=O) groups excluding carboxylic acids is 2. The number of hydrogen-bond donors (Lipinski definition) is 1. The van der Waals surface area contributed by atoms with Crippen LogP contribution in [-0.2, 0) is 36.1 Å². The summed E-state index contributed by atoms with van der Waals surface area (Å²) in [6.45, 7) is 1.13. The molecule has 0 unspecified atom stereocenters. The van der Waals surface area contributed by atoms with E-state index in [9.17, 15) is 9.59 Å². The highest BCUT2D eigenvalue weighted by Gasteiger charge is 2.35. The van der Waals surface area contributed by atoms with Crippen molar-refractivity contribution in [1.82, 2.24) is 20.0 Å². The summed E-state index contributed by atoms with van der Waals surface area (Å²) in [7, 11) is 5.05. The van der Waals surface area contributed by atoms with Gasteiger partial charge in [-0.25, -0.2) is 0 Å². The summed E-state index contributed by atoms with van der Waals surface area (Å²) in [5, 5.41) is 7.51. The van der Waals surface area contributed by atoms with Gasteiger partial charge in [-0.15, -0.1) is 0 Å². The van der Waals surface area contributed by atoms with Crippen molar-refractivity contribution in [2.45, 2.75) is 25.4 Å². The van der Waals surface area contributed by atoms with Crippen LogP contribution in [0.4, 0.5) is 0 Å². The van der Waals surface area contributed by atoms with Crippen LogP contribution in [0.1, 0.15) is 28.3 Å². The standard InChI is InChI=1S/C25H28N4O4/c1-28-14-19-15-29(23(30)12-17-4-8-20(32-2)9-5-17)16-22(24(19)27-28)25(31)26-13-18-6-10-21(33-3)11-7-18/h4-11,14,22H,12-13,15-16H2,1-3H3,(H,26,31)/t22-/m1/s1. The number of carbonyl (C=O) groups is 2. The minimum absolute atomic E-state index is 0.0253. The van der Waals surface area contributed by atoms with E-state index in [1.54, 1.807) is 23.8 Å². The quantitative estimate of drug-likeness (QED) is 0.600. The molecule has 0 saturated carbocycles. The Morgan fingerprint density at radius 3 is 2.21 bits per heavy atom. The molecule has 3 aromatic rings. The smallest absolute Gasteiger partial charge is 0.231 e. The second-order valence-electron chi connectivity index (χ2n) is 8.13. The minimum Gasteiger partial charge on any atom is -0.497 e. The molecule has 4 rings (SSSR count). The molecule has 1 aliphatic heterocycles. The third kappa shape index (κ3) is 5.16. The van der Waals surface area contributed by atoms with Crippen molar-refractivity contribution in [3.05, 3.63) is 77.1 Å². The number of methoxy groups -OCH3 is 2. The SMILES string of the molecule is COc1ccc(CNC(=O)[C@@H]2CN(C(=O)Cc3ccc(OC)cc3)Cc3cn(C)nc32)cc1. The van der Waals surface area contributed by atoms with Crippen molar-refractivity contribution in [2.24, 2.45) is 7.05 Å². The monoisotopic (exact) mass is 448 g/mol. The van der Waals surface area contributed by atoms with E-state index in [0.717, 1.165) is 33.9 Å². The summed E-state index contributed by atoms with van der Waals surface area (Å²) in [6, 6.07) is 15.0. The van der Waals surface area contributed by atoms with Crippen LogP contribution in [0.25, 0.3) is 0 Å². The molecule has 2 amide bonds. The Balaban J connectivity index is 1.45. The normalized spacial score (nSPS) is 15.0. The van der Waals surface area contributed by atoms with Gasteiger partial charge in [0.15, 0.2) is 0 Å². The summed E-state index contributed by atoms with van der Waals surface area (Å²) in [5.41, 5.74) is 3.50. The van der Waals surface area contributed by atoms with Gasteiger partial charge < -0.3 is 19.7 Å². The summed E-state index contributed by atoms with van der Waals surface area (Å²) in [6.07, 6.45) is 2.14. The van der Waals surface area contributed by atoms with E-state index in [0.29, 0.717) is 19.6 Å². The number of aryl methyl sites for hydroxylation is 1. The van der Waals surface area contributed by atoms with Gasteiger partial charge in [-0.2, -0.15) is 5.10 Å². The Morgan fingerprint density at radius 2 is 1.61 bits per heavy atom. The molecule has 33 heavy (non-hydrogen) atoms. The van der Waals surface area contributed by atoms with E-state index in [4.69, 9.17) is 9.47 Å². The van der Waals surface area contributed by atoms with Gasteiger partial charge in [0.2, 0.25) is 11.8 Å². The zero-order valence-corrected chi connectivity index (χ0v) is 19.1. The first-order valence-corrected chi connectivity index (χ1v) is 10.8. The maximum Gasteiger partial charge on any atom is 0.231 e. The predicted octanol–water partition coefficient (Wildman–Crippen LogP) is 2.42. The second kappa shape index (κ2) is 9.77. The van der Waals surface area contributed by atoms with E-state index in [2.05, 4.69) is 10.4 Å². The molecule has 2 heterocycles. The molecular weight excluding hydrogens is 420 g/mol. The van der Waals surface area contributed by atoms with Crippen molar-refractivity contribution in [1.29, 1.82) is 0 Å². The fraction of sp³-hybridized carbons (Fsp3) is 0.320. The molecule has 0 fully saturated rings. The number of nitrogens with zero attached hydrogens (tertiary/aromatic N) is 3. The molecule has 1 aromatic heterocycles. The molecule has 8 heteroatoms. The van der Waals surface area contributed by atoms with Crippen LogP contribution in [-0.4, -0.2) is 47.3 Å². The number of aromatic nitrogens is 2. The number of hydrogen-bond acceptors (Lipinski definition) is 5. The lowest BCUT2D eigenvalue weighted by Gasteiger charge is -2.31. The molecule has 172 valence electrons. The average Bonchev–Trinajstić information content (AvgIpc) is 3.22. The van der Waals surface area contributed by atoms with Gasteiger partial charge >= 0.3 is 0 Å². The topological polar surface area (TPSA) is 85.7 Å². The summed E-state index contributed by atoms with van der Waals surface area (Å²) < 4.78 is 12.1.